The summed E-state index contributed by atoms with van der Waals surface area (Å²) in [6.07, 6.45) is 3.25. The monoisotopic (exact) mass is 227 g/mol. The Kier molecular flexibility index (Phi) is 4.33. The first-order valence-electron chi connectivity index (χ1n) is 5.90. The Hall–Kier alpha value is -1.06. The van der Waals surface area contributed by atoms with Gasteiger partial charge in [-0.05, 0) is 31.1 Å². The molecule has 0 radical (unpaired) electrons. The average Bonchev–Trinajstić information content (AvgIpc) is 2.96. The minimum atomic E-state index is -0.902. The topological polar surface area (TPSA) is 57.6 Å². The van der Waals surface area contributed by atoms with Crippen LogP contribution in [0.1, 0.15) is 39.5 Å². The second-order valence-corrected chi connectivity index (χ2v) is 5.14. The van der Waals surface area contributed by atoms with E-state index in [2.05, 4.69) is 0 Å². The van der Waals surface area contributed by atoms with E-state index in [1.54, 1.807) is 7.05 Å². The first kappa shape index (κ1) is 13.0. The fourth-order valence-corrected chi connectivity index (χ4v) is 1.76. The smallest absolute Gasteiger partial charge is 0.326 e. The Labute approximate surface area is 96.6 Å². The molecule has 0 aromatic heterocycles. The molecule has 1 fully saturated rings. The molecule has 0 saturated heterocycles. The van der Waals surface area contributed by atoms with Crippen LogP contribution in [0, 0.1) is 11.8 Å². The molecule has 4 nitrogen and oxygen atoms in total. The minimum Gasteiger partial charge on any atom is -0.480 e. The van der Waals surface area contributed by atoms with E-state index in [4.69, 9.17) is 5.11 Å². The molecule has 1 rings (SSSR count). The van der Waals surface area contributed by atoms with Crippen LogP contribution in [0.5, 0.6) is 0 Å². The van der Waals surface area contributed by atoms with Crippen LogP contribution in [-0.4, -0.2) is 35.0 Å². The van der Waals surface area contributed by atoms with Crippen LogP contribution in [-0.2, 0) is 9.59 Å². The van der Waals surface area contributed by atoms with Crippen LogP contribution in [0.15, 0.2) is 0 Å². The highest BCUT2D eigenvalue weighted by Gasteiger charge is 2.31. The number of carbonyl (C=O) groups is 2. The number of aliphatic carboxylic acids is 1. The van der Waals surface area contributed by atoms with E-state index in [1.165, 1.54) is 4.90 Å². The molecule has 4 heteroatoms. The van der Waals surface area contributed by atoms with E-state index in [0.29, 0.717) is 18.8 Å². The van der Waals surface area contributed by atoms with Gasteiger partial charge in [0.2, 0.25) is 5.91 Å². The van der Waals surface area contributed by atoms with Crippen LogP contribution < -0.4 is 0 Å². The lowest BCUT2D eigenvalue weighted by molar-refractivity contribution is -0.149. The summed E-state index contributed by atoms with van der Waals surface area (Å²) in [5.74, 6) is -0.156. The number of rotatable bonds is 6. The molecule has 1 amide bonds. The minimum absolute atomic E-state index is 0.0319. The third-order valence-corrected chi connectivity index (χ3v) is 3.00. The second kappa shape index (κ2) is 5.32. The van der Waals surface area contributed by atoms with Crippen LogP contribution in [0.25, 0.3) is 0 Å². The van der Waals surface area contributed by atoms with Crippen molar-refractivity contribution in [2.45, 2.75) is 45.6 Å². The molecular weight excluding hydrogens is 206 g/mol. The van der Waals surface area contributed by atoms with Gasteiger partial charge in [0, 0.05) is 13.5 Å². The third-order valence-electron chi connectivity index (χ3n) is 3.00. The molecule has 1 unspecified atom stereocenters. The summed E-state index contributed by atoms with van der Waals surface area (Å²) in [5.41, 5.74) is 0. The summed E-state index contributed by atoms with van der Waals surface area (Å²) in [6, 6.07) is -0.675. The van der Waals surface area contributed by atoms with Crippen molar-refractivity contribution in [1.29, 1.82) is 0 Å². The van der Waals surface area contributed by atoms with Gasteiger partial charge in [0.15, 0.2) is 0 Å². The summed E-state index contributed by atoms with van der Waals surface area (Å²) in [7, 11) is 1.60. The van der Waals surface area contributed by atoms with Crippen molar-refractivity contribution < 1.29 is 14.7 Å². The fourth-order valence-electron chi connectivity index (χ4n) is 1.76. The molecule has 0 spiro atoms. The Balaban J connectivity index is 2.53. The fraction of sp³-hybridized carbons (Fsp3) is 0.833. The maximum atomic E-state index is 11.8. The lowest BCUT2D eigenvalue weighted by atomic mass is 10.0. The highest BCUT2D eigenvalue weighted by molar-refractivity contribution is 5.83. The van der Waals surface area contributed by atoms with Crippen molar-refractivity contribution >= 4 is 11.9 Å². The highest BCUT2D eigenvalue weighted by Crippen LogP contribution is 2.33. The van der Waals surface area contributed by atoms with E-state index < -0.39 is 12.0 Å². The van der Waals surface area contributed by atoms with Crippen molar-refractivity contribution in [2.24, 2.45) is 11.8 Å². The molecule has 0 aromatic rings. The molecule has 0 aromatic carbocycles. The van der Waals surface area contributed by atoms with Gasteiger partial charge in [-0.1, -0.05) is 13.8 Å². The van der Waals surface area contributed by atoms with Crippen molar-refractivity contribution in [3.8, 4) is 0 Å². The van der Waals surface area contributed by atoms with E-state index in [0.717, 1.165) is 12.8 Å². The largest absolute Gasteiger partial charge is 0.480 e. The van der Waals surface area contributed by atoms with Gasteiger partial charge in [0.1, 0.15) is 6.04 Å². The quantitative estimate of drug-likeness (QED) is 0.752. The number of likely N-dealkylation sites (N-methyl/N-ethyl adjacent to an activating group) is 1. The number of amides is 1. The first-order chi connectivity index (χ1) is 7.41. The summed E-state index contributed by atoms with van der Waals surface area (Å²) >= 11 is 0. The van der Waals surface area contributed by atoms with Crippen LogP contribution in [0.2, 0.25) is 0 Å². The maximum Gasteiger partial charge on any atom is 0.326 e. The molecule has 0 heterocycles. The van der Waals surface area contributed by atoms with Gasteiger partial charge in [0.05, 0.1) is 0 Å². The lowest BCUT2D eigenvalue weighted by Gasteiger charge is -2.26. The van der Waals surface area contributed by atoms with Gasteiger partial charge in [-0.2, -0.15) is 0 Å². The maximum absolute atomic E-state index is 11.8. The predicted octanol–water partition coefficient (Wildman–Crippen LogP) is 1.74. The standard InChI is InChI=1S/C12H21NO3/c1-8(2)6-10(12(15)16)13(3)11(14)7-9-4-5-9/h8-10H,4-7H2,1-3H3,(H,15,16). The second-order valence-electron chi connectivity index (χ2n) is 5.14. The Morgan fingerprint density at radius 1 is 1.38 bits per heavy atom. The number of nitrogens with zero attached hydrogens (tertiary/aromatic N) is 1. The van der Waals surface area contributed by atoms with E-state index >= 15 is 0 Å². The summed E-state index contributed by atoms with van der Waals surface area (Å²) < 4.78 is 0. The van der Waals surface area contributed by atoms with Gasteiger partial charge < -0.3 is 10.0 Å². The molecule has 0 bridgehead atoms. The molecule has 1 saturated carbocycles. The molecule has 16 heavy (non-hydrogen) atoms. The molecular formula is C12H21NO3. The zero-order valence-electron chi connectivity index (χ0n) is 10.3. The molecule has 1 aliphatic rings. The number of carboxylic acid groups (broad SMARTS) is 1. The predicted molar refractivity (Wildman–Crippen MR) is 61.0 cm³/mol. The third kappa shape index (κ3) is 3.83. The Morgan fingerprint density at radius 3 is 2.31 bits per heavy atom. The lowest BCUT2D eigenvalue weighted by Crippen LogP contribution is -2.43. The van der Waals surface area contributed by atoms with Crippen LogP contribution >= 0.6 is 0 Å². The van der Waals surface area contributed by atoms with Crippen LogP contribution in [0.3, 0.4) is 0 Å². The van der Waals surface area contributed by atoms with Gasteiger partial charge in [0.25, 0.3) is 0 Å². The van der Waals surface area contributed by atoms with Gasteiger partial charge in [-0.25, -0.2) is 4.79 Å². The normalized spacial score (nSPS) is 17.2. The van der Waals surface area contributed by atoms with E-state index in [1.807, 2.05) is 13.8 Å². The first-order valence-corrected chi connectivity index (χ1v) is 5.90. The SMILES string of the molecule is CC(C)CC(C(=O)O)N(C)C(=O)CC1CC1. The van der Waals surface area contributed by atoms with E-state index in [9.17, 15) is 9.59 Å². The number of carboxylic acids is 1. The van der Waals surface area contributed by atoms with Crippen molar-refractivity contribution in [1.82, 2.24) is 4.90 Å². The highest BCUT2D eigenvalue weighted by atomic mass is 16.4. The van der Waals surface area contributed by atoms with E-state index in [-0.39, 0.29) is 11.8 Å². The van der Waals surface area contributed by atoms with Crippen molar-refractivity contribution in [3.05, 3.63) is 0 Å². The van der Waals surface area contributed by atoms with Crippen LogP contribution in [0.4, 0.5) is 0 Å². The van der Waals surface area contributed by atoms with Gasteiger partial charge in [-0.3, -0.25) is 4.79 Å². The van der Waals surface area contributed by atoms with Crippen molar-refractivity contribution in [3.63, 3.8) is 0 Å². The zero-order valence-corrected chi connectivity index (χ0v) is 10.3. The summed E-state index contributed by atoms with van der Waals surface area (Å²) in [4.78, 5) is 24.3. The average molecular weight is 227 g/mol. The number of carbonyl (C=O) groups excluding carboxylic acids is 1. The van der Waals surface area contributed by atoms with Gasteiger partial charge in [-0.15, -0.1) is 0 Å². The molecule has 0 aliphatic heterocycles. The van der Waals surface area contributed by atoms with Crippen molar-refractivity contribution in [2.75, 3.05) is 7.05 Å². The molecule has 92 valence electrons. The molecule has 1 atom stereocenters. The number of hydrogen-bond acceptors (Lipinski definition) is 2. The Morgan fingerprint density at radius 2 is 1.94 bits per heavy atom. The zero-order chi connectivity index (χ0) is 12.3. The summed E-state index contributed by atoms with van der Waals surface area (Å²) in [6.45, 7) is 3.93. The molecule has 1 aliphatic carbocycles. The summed E-state index contributed by atoms with van der Waals surface area (Å²) in [5, 5.41) is 9.10. The van der Waals surface area contributed by atoms with Gasteiger partial charge >= 0.3 is 5.97 Å². The number of hydrogen-bond donors (Lipinski definition) is 1. The Bertz CT molecular complexity index is 271. The molecule has 1 N–H and O–H groups in total.